The Morgan fingerprint density at radius 1 is 0.914 bits per heavy atom. The van der Waals surface area contributed by atoms with Crippen molar-refractivity contribution in [3.05, 3.63) is 107 Å². The zero-order chi connectivity index (χ0) is 24.4. The highest BCUT2D eigenvalue weighted by Crippen LogP contribution is 2.26. The number of aryl methyl sites for hydroxylation is 2. The van der Waals surface area contributed by atoms with Crippen LogP contribution in [0.5, 0.6) is 11.5 Å². The highest BCUT2D eigenvalue weighted by atomic mass is 16.5. The number of hydrogen-bond donors (Lipinski definition) is 1. The number of aromatic nitrogens is 3. The summed E-state index contributed by atoms with van der Waals surface area (Å²) >= 11 is 0. The van der Waals surface area contributed by atoms with Crippen LogP contribution in [0.2, 0.25) is 0 Å². The number of nitrogens with one attached hydrogen (secondary N) is 1. The number of anilines is 2. The van der Waals surface area contributed by atoms with Gasteiger partial charge in [0.1, 0.15) is 23.9 Å². The van der Waals surface area contributed by atoms with Gasteiger partial charge >= 0.3 is 5.69 Å². The molecule has 0 spiro atoms. The third-order valence-electron chi connectivity index (χ3n) is 5.98. The highest BCUT2D eigenvalue weighted by molar-refractivity contribution is 5.81. The molecule has 2 aromatic heterocycles. The molecule has 0 atom stereocenters. The molecule has 1 N–H and O–H groups in total. The molecule has 3 aromatic carbocycles. The number of methoxy groups -OCH3 is 1. The molecule has 0 aliphatic rings. The molecule has 0 saturated carbocycles. The van der Waals surface area contributed by atoms with Crippen molar-refractivity contribution in [3.8, 4) is 17.2 Å². The van der Waals surface area contributed by atoms with Crippen molar-refractivity contribution in [2.75, 3.05) is 12.4 Å². The Labute approximate surface area is 203 Å². The first-order chi connectivity index (χ1) is 17.0. The fraction of sp³-hybridized carbons (Fsp3) is 0.143. The zero-order valence-electron chi connectivity index (χ0n) is 19.9. The van der Waals surface area contributed by atoms with E-state index in [1.54, 1.807) is 29.5 Å². The molecule has 0 amide bonds. The van der Waals surface area contributed by atoms with E-state index in [1.807, 2.05) is 85.8 Å². The van der Waals surface area contributed by atoms with Gasteiger partial charge in [0, 0.05) is 18.8 Å². The van der Waals surface area contributed by atoms with Crippen LogP contribution in [-0.4, -0.2) is 21.2 Å². The highest BCUT2D eigenvalue weighted by Gasteiger charge is 2.14. The summed E-state index contributed by atoms with van der Waals surface area (Å²) in [6.45, 7) is 2.49. The summed E-state index contributed by atoms with van der Waals surface area (Å²) in [6.07, 6.45) is 1.71. The molecule has 7 heteroatoms. The number of ether oxygens (including phenoxy) is 2. The van der Waals surface area contributed by atoms with Crippen molar-refractivity contribution in [3.63, 3.8) is 0 Å². The van der Waals surface area contributed by atoms with Crippen LogP contribution in [0.25, 0.3) is 16.7 Å². The number of imidazole rings is 1. The fourth-order valence-electron chi connectivity index (χ4n) is 4.02. The van der Waals surface area contributed by atoms with E-state index in [4.69, 9.17) is 9.47 Å². The molecular weight excluding hydrogens is 440 g/mol. The molecule has 0 aliphatic carbocycles. The van der Waals surface area contributed by atoms with Gasteiger partial charge in [0.05, 0.1) is 30.0 Å². The summed E-state index contributed by atoms with van der Waals surface area (Å²) in [5.74, 6) is 2.18. The number of pyridine rings is 1. The van der Waals surface area contributed by atoms with Gasteiger partial charge in [0.25, 0.3) is 0 Å². The molecule has 2 heterocycles. The summed E-state index contributed by atoms with van der Waals surface area (Å²) in [5, 5.41) is 3.35. The fourth-order valence-corrected chi connectivity index (χ4v) is 4.02. The molecule has 176 valence electrons. The van der Waals surface area contributed by atoms with Crippen LogP contribution in [0.15, 0.2) is 89.9 Å². The van der Waals surface area contributed by atoms with Crippen molar-refractivity contribution >= 4 is 22.5 Å². The van der Waals surface area contributed by atoms with Gasteiger partial charge in [-0.3, -0.25) is 9.13 Å². The van der Waals surface area contributed by atoms with Crippen molar-refractivity contribution < 1.29 is 9.47 Å². The van der Waals surface area contributed by atoms with E-state index in [1.165, 1.54) is 0 Å². The maximum absolute atomic E-state index is 13.1. The quantitative estimate of drug-likeness (QED) is 0.350. The molecule has 0 fully saturated rings. The van der Waals surface area contributed by atoms with E-state index < -0.39 is 0 Å². The van der Waals surface area contributed by atoms with Crippen molar-refractivity contribution in [2.45, 2.75) is 13.5 Å². The van der Waals surface area contributed by atoms with Gasteiger partial charge < -0.3 is 14.8 Å². The number of rotatable bonds is 7. The second kappa shape index (κ2) is 9.38. The van der Waals surface area contributed by atoms with Crippen LogP contribution in [0, 0.1) is 6.92 Å². The first-order valence-corrected chi connectivity index (χ1v) is 11.3. The van der Waals surface area contributed by atoms with Gasteiger partial charge in [-0.25, -0.2) is 9.78 Å². The molecule has 0 bridgehead atoms. The summed E-state index contributed by atoms with van der Waals surface area (Å²) in [5.41, 5.74) is 5.17. The van der Waals surface area contributed by atoms with E-state index >= 15 is 0 Å². The summed E-state index contributed by atoms with van der Waals surface area (Å²) in [7, 11) is 3.40. The zero-order valence-corrected chi connectivity index (χ0v) is 19.9. The normalized spacial score (nSPS) is 10.9. The molecule has 5 rings (SSSR count). The average Bonchev–Trinajstić information content (AvgIpc) is 3.14. The van der Waals surface area contributed by atoms with Gasteiger partial charge in [0.2, 0.25) is 0 Å². The molecule has 35 heavy (non-hydrogen) atoms. The van der Waals surface area contributed by atoms with Crippen LogP contribution < -0.4 is 20.5 Å². The topological polar surface area (TPSA) is 70.3 Å². The van der Waals surface area contributed by atoms with Crippen LogP contribution in [0.3, 0.4) is 0 Å². The molecule has 0 radical (unpaired) electrons. The van der Waals surface area contributed by atoms with Gasteiger partial charge in [-0.15, -0.1) is 0 Å². The predicted octanol–water partition coefficient (Wildman–Crippen LogP) is 5.36. The Morgan fingerprint density at radius 2 is 1.66 bits per heavy atom. The molecule has 0 saturated heterocycles. The first-order valence-electron chi connectivity index (χ1n) is 11.3. The molecule has 0 unspecified atom stereocenters. The SMILES string of the molecule is COc1ccc(Nc2cc3c(cn2)n(C)c(=O)n3-c2ccc(OCc3ccccc3)cc2)c(C)c1. The number of fused-ring (bicyclic) bond motifs is 1. The second-order valence-corrected chi connectivity index (χ2v) is 8.31. The third-order valence-corrected chi connectivity index (χ3v) is 5.98. The van der Waals surface area contributed by atoms with Gasteiger partial charge in [-0.2, -0.15) is 0 Å². The van der Waals surface area contributed by atoms with Crippen LogP contribution in [-0.2, 0) is 13.7 Å². The smallest absolute Gasteiger partial charge is 0.333 e. The van der Waals surface area contributed by atoms with Crippen LogP contribution in [0.1, 0.15) is 11.1 Å². The Kier molecular flexibility index (Phi) is 5.97. The third kappa shape index (κ3) is 4.48. The first kappa shape index (κ1) is 22.3. The lowest BCUT2D eigenvalue weighted by molar-refractivity contribution is 0.306. The molecule has 5 aromatic rings. The van der Waals surface area contributed by atoms with E-state index in [0.29, 0.717) is 12.4 Å². The summed E-state index contributed by atoms with van der Waals surface area (Å²) < 4.78 is 14.5. The minimum atomic E-state index is -0.141. The van der Waals surface area contributed by atoms with Crippen molar-refractivity contribution in [1.29, 1.82) is 0 Å². The Balaban J connectivity index is 1.44. The number of hydrogen-bond acceptors (Lipinski definition) is 5. The minimum absolute atomic E-state index is 0.141. The van der Waals surface area contributed by atoms with E-state index in [2.05, 4.69) is 10.3 Å². The maximum Gasteiger partial charge on any atom is 0.333 e. The lowest BCUT2D eigenvalue weighted by atomic mass is 10.2. The van der Waals surface area contributed by atoms with E-state index in [9.17, 15) is 4.79 Å². The van der Waals surface area contributed by atoms with Crippen LogP contribution >= 0.6 is 0 Å². The second-order valence-electron chi connectivity index (χ2n) is 8.31. The lowest BCUT2D eigenvalue weighted by Crippen LogP contribution is -2.20. The number of nitrogens with zero attached hydrogens (tertiary/aromatic N) is 3. The average molecular weight is 467 g/mol. The van der Waals surface area contributed by atoms with Gasteiger partial charge in [-0.05, 0) is 60.5 Å². The van der Waals surface area contributed by atoms with Crippen molar-refractivity contribution in [1.82, 2.24) is 14.1 Å². The van der Waals surface area contributed by atoms with Gasteiger partial charge in [-0.1, -0.05) is 30.3 Å². The number of benzene rings is 3. The van der Waals surface area contributed by atoms with Crippen LogP contribution in [0.4, 0.5) is 11.5 Å². The largest absolute Gasteiger partial charge is 0.497 e. The summed E-state index contributed by atoms with van der Waals surface area (Å²) in [6, 6.07) is 25.2. The standard InChI is InChI=1S/C28H26N4O3/c1-19-15-23(34-3)13-14-24(19)30-27-16-25-26(17-29-27)31(2)28(33)32(25)21-9-11-22(12-10-21)35-18-20-7-5-4-6-8-20/h4-17H,18H2,1-3H3,(H,29,30). The van der Waals surface area contributed by atoms with Gasteiger partial charge in [0.15, 0.2) is 0 Å². The molecule has 7 nitrogen and oxygen atoms in total. The van der Waals surface area contributed by atoms with Crippen molar-refractivity contribution in [2.24, 2.45) is 7.05 Å². The van der Waals surface area contributed by atoms with E-state index in [-0.39, 0.29) is 5.69 Å². The minimum Gasteiger partial charge on any atom is -0.497 e. The summed E-state index contributed by atoms with van der Waals surface area (Å²) in [4.78, 5) is 17.6. The Morgan fingerprint density at radius 3 is 2.37 bits per heavy atom. The Hall–Kier alpha value is -4.52. The maximum atomic E-state index is 13.1. The predicted molar refractivity (Wildman–Crippen MR) is 138 cm³/mol. The lowest BCUT2D eigenvalue weighted by Gasteiger charge is -2.11. The molecule has 0 aliphatic heterocycles. The monoisotopic (exact) mass is 466 g/mol. The Bertz CT molecular complexity index is 1540. The molecular formula is C28H26N4O3. The van der Waals surface area contributed by atoms with E-state index in [0.717, 1.165) is 45.0 Å².